The lowest BCUT2D eigenvalue weighted by molar-refractivity contribution is -0.155. The fourth-order valence-corrected chi connectivity index (χ4v) is 1.40. The van der Waals surface area contributed by atoms with E-state index in [9.17, 15) is 9.59 Å². The van der Waals surface area contributed by atoms with E-state index in [2.05, 4.69) is 0 Å². The molecule has 0 bridgehead atoms. The molecule has 2 atom stereocenters. The highest BCUT2D eigenvalue weighted by Gasteiger charge is 2.22. The Morgan fingerprint density at radius 1 is 1.62 bits per heavy atom. The number of rotatable bonds is 4. The molecule has 0 radical (unpaired) electrons. The zero-order chi connectivity index (χ0) is 12.1. The van der Waals surface area contributed by atoms with Crippen LogP contribution < -0.4 is 0 Å². The largest absolute Gasteiger partial charge is 0.479 e. The van der Waals surface area contributed by atoms with Crippen LogP contribution in [-0.4, -0.2) is 60.4 Å². The maximum absolute atomic E-state index is 11.6. The molecule has 1 amide bonds. The molecule has 92 valence electrons. The first-order valence-corrected chi connectivity index (χ1v) is 5.24. The summed E-state index contributed by atoms with van der Waals surface area (Å²) < 4.78 is 10.2. The maximum Gasteiger partial charge on any atom is 0.332 e. The van der Waals surface area contributed by atoms with Crippen molar-refractivity contribution < 1.29 is 24.2 Å². The minimum Gasteiger partial charge on any atom is -0.479 e. The van der Waals surface area contributed by atoms with Gasteiger partial charge in [-0.2, -0.15) is 0 Å². The number of carbonyl (C=O) groups is 2. The molecular formula is C10H17NO5. The Labute approximate surface area is 94.1 Å². The molecule has 1 saturated heterocycles. The number of nitrogens with zero attached hydrogens (tertiary/aromatic N) is 1. The van der Waals surface area contributed by atoms with Gasteiger partial charge in [-0.05, 0) is 13.8 Å². The number of hydrogen-bond donors (Lipinski definition) is 1. The number of hydrogen-bond acceptors (Lipinski definition) is 4. The van der Waals surface area contributed by atoms with E-state index in [1.165, 1.54) is 6.92 Å². The summed E-state index contributed by atoms with van der Waals surface area (Å²) in [5, 5.41) is 8.58. The molecule has 1 fully saturated rings. The number of carboxylic acid groups (broad SMARTS) is 1. The molecule has 0 aliphatic carbocycles. The Morgan fingerprint density at radius 2 is 2.31 bits per heavy atom. The Kier molecular flexibility index (Phi) is 4.70. The first-order valence-electron chi connectivity index (χ1n) is 5.24. The summed E-state index contributed by atoms with van der Waals surface area (Å²) in [6.07, 6.45) is -0.933. The monoisotopic (exact) mass is 231 g/mol. The molecule has 1 aliphatic heterocycles. The van der Waals surface area contributed by atoms with Crippen LogP contribution in [0.3, 0.4) is 0 Å². The van der Waals surface area contributed by atoms with Crippen molar-refractivity contribution in [3.8, 4) is 0 Å². The van der Waals surface area contributed by atoms with Crippen LogP contribution in [0, 0.1) is 0 Å². The molecule has 0 spiro atoms. The molecule has 1 rings (SSSR count). The molecule has 0 aromatic heterocycles. The highest BCUT2D eigenvalue weighted by atomic mass is 16.5. The second-order valence-corrected chi connectivity index (χ2v) is 3.81. The third kappa shape index (κ3) is 3.79. The second-order valence-electron chi connectivity index (χ2n) is 3.81. The van der Waals surface area contributed by atoms with Gasteiger partial charge in [0.2, 0.25) is 5.91 Å². The van der Waals surface area contributed by atoms with Gasteiger partial charge in [0.05, 0.1) is 12.7 Å². The highest BCUT2D eigenvalue weighted by molar-refractivity contribution is 5.78. The lowest BCUT2D eigenvalue weighted by atomic mass is 10.3. The van der Waals surface area contributed by atoms with E-state index >= 15 is 0 Å². The highest BCUT2D eigenvalue weighted by Crippen LogP contribution is 2.05. The third-order valence-corrected chi connectivity index (χ3v) is 2.40. The molecular weight excluding hydrogens is 214 g/mol. The van der Waals surface area contributed by atoms with Gasteiger partial charge in [0.1, 0.15) is 6.61 Å². The van der Waals surface area contributed by atoms with Crippen molar-refractivity contribution >= 4 is 11.9 Å². The van der Waals surface area contributed by atoms with E-state index < -0.39 is 12.1 Å². The van der Waals surface area contributed by atoms with E-state index in [1.54, 1.807) is 4.90 Å². The van der Waals surface area contributed by atoms with Crippen LogP contribution in [0.15, 0.2) is 0 Å². The van der Waals surface area contributed by atoms with Crippen LogP contribution in [0.2, 0.25) is 0 Å². The van der Waals surface area contributed by atoms with Gasteiger partial charge in [0, 0.05) is 13.1 Å². The smallest absolute Gasteiger partial charge is 0.332 e. The Morgan fingerprint density at radius 3 is 2.88 bits per heavy atom. The van der Waals surface area contributed by atoms with Crippen molar-refractivity contribution in [1.82, 2.24) is 4.90 Å². The lowest BCUT2D eigenvalue weighted by Gasteiger charge is -2.31. The zero-order valence-corrected chi connectivity index (χ0v) is 9.51. The molecule has 0 saturated carbocycles. The number of aliphatic carboxylic acids is 1. The fraction of sp³-hybridized carbons (Fsp3) is 0.800. The van der Waals surface area contributed by atoms with Gasteiger partial charge >= 0.3 is 5.97 Å². The molecule has 1 heterocycles. The summed E-state index contributed by atoms with van der Waals surface area (Å²) in [5.74, 6) is -1.26. The summed E-state index contributed by atoms with van der Waals surface area (Å²) in [5.41, 5.74) is 0. The first-order chi connectivity index (χ1) is 7.50. The second kappa shape index (κ2) is 5.81. The first kappa shape index (κ1) is 12.9. The molecule has 16 heavy (non-hydrogen) atoms. The summed E-state index contributed by atoms with van der Waals surface area (Å²) in [7, 11) is 0. The molecule has 0 aromatic carbocycles. The third-order valence-electron chi connectivity index (χ3n) is 2.40. The molecule has 6 heteroatoms. The number of ether oxygens (including phenoxy) is 2. The van der Waals surface area contributed by atoms with Crippen LogP contribution in [-0.2, 0) is 19.1 Å². The van der Waals surface area contributed by atoms with E-state index in [1.807, 2.05) is 6.92 Å². The Hall–Kier alpha value is -1.14. The average molecular weight is 231 g/mol. The predicted octanol–water partition coefficient (Wildman–Crippen LogP) is -0.277. The van der Waals surface area contributed by atoms with Gasteiger partial charge in [0.15, 0.2) is 6.10 Å². The molecule has 6 nitrogen and oxygen atoms in total. The standard InChI is InChI=1S/C10H17NO5/c1-7-5-11(3-4-15-7)9(12)6-16-8(2)10(13)14/h7-8H,3-6H2,1-2H3,(H,13,14)/t7?,8-/m1/s1. The minimum atomic E-state index is -1.07. The molecule has 1 aliphatic rings. The maximum atomic E-state index is 11.6. The predicted molar refractivity (Wildman–Crippen MR) is 55.0 cm³/mol. The van der Waals surface area contributed by atoms with Crippen molar-refractivity contribution in [2.75, 3.05) is 26.3 Å². The molecule has 1 N–H and O–H groups in total. The summed E-state index contributed by atoms with van der Waals surface area (Å²) in [6, 6.07) is 0. The van der Waals surface area contributed by atoms with E-state index in [0.29, 0.717) is 19.7 Å². The van der Waals surface area contributed by atoms with Gasteiger partial charge < -0.3 is 19.5 Å². The van der Waals surface area contributed by atoms with Crippen LogP contribution in [0.5, 0.6) is 0 Å². The molecule has 1 unspecified atom stereocenters. The van der Waals surface area contributed by atoms with Crippen LogP contribution >= 0.6 is 0 Å². The van der Waals surface area contributed by atoms with Gasteiger partial charge in [-0.1, -0.05) is 0 Å². The van der Waals surface area contributed by atoms with Crippen LogP contribution in [0.1, 0.15) is 13.8 Å². The Balaban J connectivity index is 2.31. The van der Waals surface area contributed by atoms with Crippen LogP contribution in [0.25, 0.3) is 0 Å². The van der Waals surface area contributed by atoms with Crippen molar-refractivity contribution in [3.63, 3.8) is 0 Å². The normalized spacial score (nSPS) is 22.9. The van der Waals surface area contributed by atoms with Crippen molar-refractivity contribution in [1.29, 1.82) is 0 Å². The van der Waals surface area contributed by atoms with E-state index in [4.69, 9.17) is 14.6 Å². The van der Waals surface area contributed by atoms with E-state index in [0.717, 1.165) is 0 Å². The minimum absolute atomic E-state index is 0.0228. The number of morpholine rings is 1. The lowest BCUT2D eigenvalue weighted by Crippen LogP contribution is -2.46. The summed E-state index contributed by atoms with van der Waals surface area (Å²) >= 11 is 0. The SMILES string of the molecule is CC1CN(C(=O)CO[C@H](C)C(=O)O)CCO1. The summed E-state index contributed by atoms with van der Waals surface area (Å²) in [4.78, 5) is 23.7. The average Bonchev–Trinajstić information content (AvgIpc) is 2.25. The number of carbonyl (C=O) groups excluding carboxylic acids is 1. The van der Waals surface area contributed by atoms with Gasteiger partial charge in [-0.3, -0.25) is 4.79 Å². The fourth-order valence-electron chi connectivity index (χ4n) is 1.40. The van der Waals surface area contributed by atoms with Crippen molar-refractivity contribution in [2.24, 2.45) is 0 Å². The summed E-state index contributed by atoms with van der Waals surface area (Å²) in [6.45, 7) is 4.68. The number of amides is 1. The van der Waals surface area contributed by atoms with Crippen molar-refractivity contribution in [3.05, 3.63) is 0 Å². The van der Waals surface area contributed by atoms with Crippen LogP contribution in [0.4, 0.5) is 0 Å². The number of carboxylic acids is 1. The van der Waals surface area contributed by atoms with Gasteiger partial charge in [-0.25, -0.2) is 4.79 Å². The zero-order valence-electron chi connectivity index (χ0n) is 9.51. The van der Waals surface area contributed by atoms with Gasteiger partial charge in [-0.15, -0.1) is 0 Å². The van der Waals surface area contributed by atoms with Gasteiger partial charge in [0.25, 0.3) is 0 Å². The van der Waals surface area contributed by atoms with Crippen molar-refractivity contribution in [2.45, 2.75) is 26.1 Å². The topological polar surface area (TPSA) is 76.1 Å². The Bertz CT molecular complexity index is 268. The van der Waals surface area contributed by atoms with E-state index in [-0.39, 0.29) is 18.6 Å². The molecule has 0 aromatic rings. The quantitative estimate of drug-likeness (QED) is 0.720.